The first-order valence-corrected chi connectivity index (χ1v) is 14.6. The molecule has 6 aliphatic rings. The van der Waals surface area contributed by atoms with Crippen molar-refractivity contribution in [2.24, 2.45) is 22.7 Å². The van der Waals surface area contributed by atoms with Gasteiger partial charge in [-0.3, -0.25) is 9.59 Å². The van der Waals surface area contributed by atoms with Gasteiger partial charge in [-0.2, -0.15) is 0 Å². The van der Waals surface area contributed by atoms with Gasteiger partial charge in [0.1, 0.15) is 23.4 Å². The molecule has 13 atom stereocenters. The highest BCUT2D eigenvalue weighted by Crippen LogP contribution is 2.71. The van der Waals surface area contributed by atoms with E-state index < -0.39 is 46.4 Å². The molecule has 2 heterocycles. The topological polar surface area (TPSA) is 121 Å². The molecule has 6 rings (SSSR count). The molecule has 0 spiro atoms. The normalized spacial score (nSPS) is 54.4. The van der Waals surface area contributed by atoms with E-state index in [4.69, 9.17) is 23.7 Å². The van der Waals surface area contributed by atoms with Crippen LogP contribution in [0, 0.1) is 22.7 Å². The fraction of sp³-hybridized carbons (Fsp3) is 0.867. The van der Waals surface area contributed by atoms with Gasteiger partial charge in [-0.1, -0.05) is 25.5 Å². The number of ether oxygens (including phenoxy) is 5. The predicted octanol–water partition coefficient (Wildman–Crippen LogP) is 2.84. The molecular formula is C30H44O9. The molecule has 0 aromatic carbocycles. The van der Waals surface area contributed by atoms with Crippen LogP contribution in [0.3, 0.4) is 0 Å². The molecule has 4 aliphatic carbocycles. The lowest BCUT2D eigenvalue weighted by atomic mass is 9.43. The van der Waals surface area contributed by atoms with Crippen LogP contribution < -0.4 is 0 Å². The summed E-state index contributed by atoms with van der Waals surface area (Å²) in [5, 5.41) is 24.6. The number of rotatable bonds is 4. The molecule has 2 aliphatic heterocycles. The van der Waals surface area contributed by atoms with Gasteiger partial charge in [0.2, 0.25) is 0 Å². The molecular weight excluding hydrogens is 504 g/mol. The quantitative estimate of drug-likeness (QED) is 0.404. The molecule has 0 amide bonds. The lowest BCUT2D eigenvalue weighted by Crippen LogP contribution is -2.77. The van der Waals surface area contributed by atoms with Gasteiger partial charge in [0.15, 0.2) is 18.2 Å². The number of hydrogen-bond donors (Lipinski definition) is 2. The molecule has 39 heavy (non-hydrogen) atoms. The standard InChI is InChI=1S/C30H44O9/c1-15-20-9-12-30(34)28(20,5)26(37-15)23(32)25-27(4)10-8-19(13-18(27)7-11-29(25,30)33)39-22-14-21(35-6)24(16(2)36-22)38-17(3)31/h7,15-16,19-22,24-26,33-34H,8-14H2,1-6H3/t15-,16-,19+,20+,21-,22+,24+,25-,26+,27+,28+,29+,30-/m1/s1. The van der Waals surface area contributed by atoms with Crippen LogP contribution >= 0.6 is 0 Å². The molecule has 5 fully saturated rings. The third kappa shape index (κ3) is 3.59. The minimum atomic E-state index is -1.53. The van der Waals surface area contributed by atoms with Crippen LogP contribution in [0.1, 0.15) is 79.6 Å². The fourth-order valence-corrected chi connectivity index (χ4v) is 9.76. The van der Waals surface area contributed by atoms with Gasteiger partial charge in [0.25, 0.3) is 0 Å². The summed E-state index contributed by atoms with van der Waals surface area (Å²) in [6.45, 7) is 9.25. The van der Waals surface area contributed by atoms with E-state index in [0.29, 0.717) is 32.1 Å². The number of fused-ring (bicyclic) bond motifs is 4. The smallest absolute Gasteiger partial charge is 0.303 e. The van der Waals surface area contributed by atoms with Gasteiger partial charge < -0.3 is 33.9 Å². The summed E-state index contributed by atoms with van der Waals surface area (Å²) in [4.78, 5) is 25.8. The van der Waals surface area contributed by atoms with E-state index in [1.54, 1.807) is 7.11 Å². The zero-order valence-electron chi connectivity index (χ0n) is 24.0. The number of carbonyl (C=O) groups excluding carboxylic acids is 2. The average molecular weight is 549 g/mol. The predicted molar refractivity (Wildman–Crippen MR) is 138 cm³/mol. The number of carbonyl (C=O) groups is 2. The zero-order valence-corrected chi connectivity index (χ0v) is 24.0. The van der Waals surface area contributed by atoms with Crippen molar-refractivity contribution in [1.82, 2.24) is 0 Å². The third-order valence-electron chi connectivity index (χ3n) is 11.7. The maximum absolute atomic E-state index is 14.2. The van der Waals surface area contributed by atoms with Crippen LogP contribution in [0.5, 0.6) is 0 Å². The summed E-state index contributed by atoms with van der Waals surface area (Å²) < 4.78 is 29.8. The summed E-state index contributed by atoms with van der Waals surface area (Å²) in [5.41, 5.74) is -3.18. The monoisotopic (exact) mass is 548 g/mol. The van der Waals surface area contributed by atoms with Crippen LogP contribution in [0.25, 0.3) is 0 Å². The molecule has 0 unspecified atom stereocenters. The number of ketones is 1. The lowest BCUT2D eigenvalue weighted by molar-refractivity contribution is -0.278. The molecule has 2 saturated heterocycles. The minimum Gasteiger partial charge on any atom is -0.457 e. The van der Waals surface area contributed by atoms with Crippen LogP contribution in [-0.4, -0.2) is 83.2 Å². The second-order valence-electron chi connectivity index (χ2n) is 13.5. The Bertz CT molecular complexity index is 1070. The van der Waals surface area contributed by atoms with Crippen molar-refractivity contribution in [2.75, 3.05) is 7.11 Å². The number of methoxy groups -OCH3 is 1. The van der Waals surface area contributed by atoms with E-state index in [9.17, 15) is 19.8 Å². The Hall–Kier alpha value is -1.36. The van der Waals surface area contributed by atoms with Crippen molar-refractivity contribution in [3.05, 3.63) is 11.6 Å². The van der Waals surface area contributed by atoms with Gasteiger partial charge in [0.05, 0.1) is 24.2 Å². The summed E-state index contributed by atoms with van der Waals surface area (Å²) in [6.07, 6.45) is 3.27. The zero-order chi connectivity index (χ0) is 28.1. The average Bonchev–Trinajstić information content (AvgIpc) is 3.31. The molecule has 3 saturated carbocycles. The first-order valence-electron chi connectivity index (χ1n) is 14.6. The highest BCUT2D eigenvalue weighted by Gasteiger charge is 2.81. The Morgan fingerprint density at radius 2 is 1.85 bits per heavy atom. The molecule has 0 aromatic heterocycles. The second kappa shape index (κ2) is 9.07. The Morgan fingerprint density at radius 3 is 2.54 bits per heavy atom. The largest absolute Gasteiger partial charge is 0.457 e. The van der Waals surface area contributed by atoms with Gasteiger partial charge in [0, 0.05) is 31.3 Å². The van der Waals surface area contributed by atoms with Gasteiger partial charge in [-0.15, -0.1) is 0 Å². The van der Waals surface area contributed by atoms with Crippen LogP contribution in [0.15, 0.2) is 11.6 Å². The highest BCUT2D eigenvalue weighted by molar-refractivity contribution is 5.91. The van der Waals surface area contributed by atoms with Crippen molar-refractivity contribution in [3.63, 3.8) is 0 Å². The Labute approximate surface area is 230 Å². The minimum absolute atomic E-state index is 0.0537. The molecule has 2 N–H and O–H groups in total. The van der Waals surface area contributed by atoms with Crippen molar-refractivity contribution >= 4 is 11.8 Å². The summed E-state index contributed by atoms with van der Waals surface area (Å²) in [7, 11) is 1.59. The van der Waals surface area contributed by atoms with E-state index >= 15 is 0 Å². The highest BCUT2D eigenvalue weighted by atomic mass is 16.7. The van der Waals surface area contributed by atoms with Gasteiger partial charge in [-0.05, 0) is 58.3 Å². The Morgan fingerprint density at radius 1 is 1.10 bits per heavy atom. The number of aliphatic hydroxyl groups is 2. The van der Waals surface area contributed by atoms with E-state index in [0.717, 1.165) is 12.0 Å². The van der Waals surface area contributed by atoms with Crippen molar-refractivity contribution in [2.45, 2.75) is 134 Å². The SMILES string of the molecule is CO[C@@H]1C[C@H](O[C@H]2CC[C@@]3(C)C(=CC[C@]4(O)[C@@H]3C(=O)[C@@H]3O[C@H](C)[C@@H]5CC[C@@]4(O)[C@]35C)C2)O[C@H](C)[C@@H]1OC(C)=O. The summed E-state index contributed by atoms with van der Waals surface area (Å²) >= 11 is 0. The number of Topliss-reactive ketones (excluding diaryl/α,β-unsaturated/α-hetero) is 1. The van der Waals surface area contributed by atoms with Gasteiger partial charge >= 0.3 is 5.97 Å². The molecule has 0 aromatic rings. The Balaban J connectivity index is 1.23. The van der Waals surface area contributed by atoms with E-state index in [-0.39, 0.29) is 48.5 Å². The van der Waals surface area contributed by atoms with Crippen LogP contribution in [0.2, 0.25) is 0 Å². The number of esters is 1. The molecule has 0 bridgehead atoms. The second-order valence-corrected chi connectivity index (χ2v) is 13.5. The van der Waals surface area contributed by atoms with Crippen molar-refractivity contribution in [3.8, 4) is 0 Å². The number of hydrogen-bond acceptors (Lipinski definition) is 9. The molecule has 218 valence electrons. The van der Waals surface area contributed by atoms with E-state index in [2.05, 4.69) is 13.0 Å². The first kappa shape index (κ1) is 27.8. The molecule has 0 radical (unpaired) electrons. The summed E-state index contributed by atoms with van der Waals surface area (Å²) in [5.74, 6) is -1.11. The summed E-state index contributed by atoms with van der Waals surface area (Å²) in [6, 6.07) is 0. The van der Waals surface area contributed by atoms with Crippen molar-refractivity contribution < 1.29 is 43.5 Å². The van der Waals surface area contributed by atoms with Crippen molar-refractivity contribution in [1.29, 1.82) is 0 Å². The lowest BCUT2D eigenvalue weighted by Gasteiger charge is -2.64. The van der Waals surface area contributed by atoms with Gasteiger partial charge in [-0.25, -0.2) is 0 Å². The third-order valence-corrected chi connectivity index (χ3v) is 11.7. The van der Waals surface area contributed by atoms with E-state index in [1.807, 2.05) is 20.8 Å². The first-order chi connectivity index (χ1) is 18.3. The van der Waals surface area contributed by atoms with Crippen LogP contribution in [-0.2, 0) is 33.3 Å². The Kier molecular flexibility index (Phi) is 6.46. The molecule has 9 heteroatoms. The van der Waals surface area contributed by atoms with E-state index in [1.165, 1.54) is 6.92 Å². The maximum Gasteiger partial charge on any atom is 0.303 e. The van der Waals surface area contributed by atoms with Crippen LogP contribution in [0.4, 0.5) is 0 Å². The molecule has 9 nitrogen and oxygen atoms in total. The fourth-order valence-electron chi connectivity index (χ4n) is 9.76. The maximum atomic E-state index is 14.2.